The third kappa shape index (κ3) is 3.10. The first kappa shape index (κ1) is 14.5. The van der Waals surface area contributed by atoms with Crippen molar-refractivity contribution in [2.45, 2.75) is 45.6 Å². The van der Waals surface area contributed by atoms with Crippen molar-refractivity contribution in [3.8, 4) is 0 Å². The maximum Gasteiger partial charge on any atom is 0.226 e. The number of carbonyl (C=O) groups is 1. The number of hydrogen-bond acceptors (Lipinski definition) is 3. The molecule has 4 heteroatoms. The van der Waals surface area contributed by atoms with Crippen molar-refractivity contribution in [2.75, 3.05) is 19.6 Å². The summed E-state index contributed by atoms with van der Waals surface area (Å²) in [5, 5.41) is 3.32. The lowest BCUT2D eigenvalue weighted by Crippen LogP contribution is -2.43. The molecular formula is C17H25N3O. The van der Waals surface area contributed by atoms with Crippen molar-refractivity contribution in [3.05, 3.63) is 29.1 Å². The van der Waals surface area contributed by atoms with Crippen LogP contribution in [-0.2, 0) is 17.8 Å². The van der Waals surface area contributed by atoms with E-state index in [1.54, 1.807) is 0 Å². The van der Waals surface area contributed by atoms with Crippen molar-refractivity contribution >= 4 is 5.91 Å². The monoisotopic (exact) mass is 287 g/mol. The fourth-order valence-corrected chi connectivity index (χ4v) is 3.27. The first-order valence-corrected chi connectivity index (χ1v) is 8.13. The molecule has 1 N–H and O–H groups in total. The van der Waals surface area contributed by atoms with E-state index in [4.69, 9.17) is 4.98 Å². The lowest BCUT2D eigenvalue weighted by molar-refractivity contribution is -0.137. The van der Waals surface area contributed by atoms with E-state index in [1.165, 1.54) is 11.3 Å². The second-order valence-corrected chi connectivity index (χ2v) is 6.53. The Morgan fingerprint density at radius 1 is 1.33 bits per heavy atom. The summed E-state index contributed by atoms with van der Waals surface area (Å²) in [6.45, 7) is 7.85. The van der Waals surface area contributed by atoms with E-state index in [-0.39, 0.29) is 5.92 Å². The molecule has 1 aromatic heterocycles. The number of fused-ring (bicyclic) bond motifs is 1. The number of pyridine rings is 1. The van der Waals surface area contributed by atoms with Gasteiger partial charge in [-0.1, -0.05) is 19.9 Å². The Balaban J connectivity index is 1.70. The van der Waals surface area contributed by atoms with Crippen LogP contribution < -0.4 is 5.32 Å². The minimum absolute atomic E-state index is 0.218. The number of carbonyl (C=O) groups excluding carboxylic acids is 1. The second kappa shape index (κ2) is 6.14. The van der Waals surface area contributed by atoms with Crippen molar-refractivity contribution in [2.24, 2.45) is 5.92 Å². The number of aromatic nitrogens is 1. The van der Waals surface area contributed by atoms with Crippen LogP contribution in [0.4, 0.5) is 0 Å². The van der Waals surface area contributed by atoms with E-state index in [1.807, 2.05) is 4.90 Å². The number of amides is 1. The SMILES string of the molecule is CC(C)c1ccc2c(n1)CCN(C(=O)C1CCNCC1)C2. The molecule has 0 aromatic carbocycles. The first-order chi connectivity index (χ1) is 10.1. The van der Waals surface area contributed by atoms with Crippen molar-refractivity contribution in [3.63, 3.8) is 0 Å². The van der Waals surface area contributed by atoms with Gasteiger partial charge in [0.15, 0.2) is 0 Å². The number of rotatable bonds is 2. The van der Waals surface area contributed by atoms with Crippen LogP contribution in [0.3, 0.4) is 0 Å². The highest BCUT2D eigenvalue weighted by Crippen LogP contribution is 2.23. The summed E-state index contributed by atoms with van der Waals surface area (Å²) >= 11 is 0. The van der Waals surface area contributed by atoms with E-state index in [0.29, 0.717) is 11.8 Å². The molecule has 0 unspecified atom stereocenters. The Bertz CT molecular complexity index is 521. The van der Waals surface area contributed by atoms with Gasteiger partial charge in [-0.2, -0.15) is 0 Å². The predicted octanol–water partition coefficient (Wildman–Crippen LogP) is 2.09. The molecule has 1 saturated heterocycles. The van der Waals surface area contributed by atoms with Gasteiger partial charge in [0.2, 0.25) is 5.91 Å². The van der Waals surface area contributed by atoms with Gasteiger partial charge in [0.05, 0.1) is 0 Å². The first-order valence-electron chi connectivity index (χ1n) is 8.13. The molecule has 2 aliphatic rings. The molecule has 1 amide bonds. The van der Waals surface area contributed by atoms with Crippen LogP contribution in [0.2, 0.25) is 0 Å². The van der Waals surface area contributed by atoms with Crippen molar-refractivity contribution in [1.29, 1.82) is 0 Å². The number of piperidine rings is 1. The van der Waals surface area contributed by atoms with Crippen LogP contribution in [0.5, 0.6) is 0 Å². The molecule has 0 radical (unpaired) electrons. The summed E-state index contributed by atoms with van der Waals surface area (Å²) in [5.74, 6) is 1.02. The zero-order valence-electron chi connectivity index (χ0n) is 13.1. The predicted molar refractivity (Wildman–Crippen MR) is 83.0 cm³/mol. The zero-order valence-corrected chi connectivity index (χ0v) is 13.1. The van der Waals surface area contributed by atoms with Crippen LogP contribution in [0.1, 0.15) is 49.6 Å². The molecule has 0 atom stereocenters. The van der Waals surface area contributed by atoms with Crippen LogP contribution >= 0.6 is 0 Å². The lowest BCUT2D eigenvalue weighted by atomic mass is 9.94. The van der Waals surface area contributed by atoms with Gasteiger partial charge in [0.25, 0.3) is 0 Å². The van der Waals surface area contributed by atoms with Gasteiger partial charge in [-0.05, 0) is 43.5 Å². The quantitative estimate of drug-likeness (QED) is 0.906. The molecule has 2 aliphatic heterocycles. The molecule has 0 saturated carbocycles. The second-order valence-electron chi connectivity index (χ2n) is 6.53. The van der Waals surface area contributed by atoms with Gasteiger partial charge in [-0.3, -0.25) is 9.78 Å². The molecular weight excluding hydrogens is 262 g/mol. The molecule has 3 heterocycles. The van der Waals surface area contributed by atoms with E-state index >= 15 is 0 Å². The van der Waals surface area contributed by atoms with Gasteiger partial charge >= 0.3 is 0 Å². The summed E-state index contributed by atoms with van der Waals surface area (Å²) in [7, 11) is 0. The Kier molecular flexibility index (Phi) is 4.24. The number of nitrogens with zero attached hydrogens (tertiary/aromatic N) is 2. The average molecular weight is 287 g/mol. The molecule has 4 nitrogen and oxygen atoms in total. The highest BCUT2D eigenvalue weighted by Gasteiger charge is 2.28. The fraction of sp³-hybridized carbons (Fsp3) is 0.647. The van der Waals surface area contributed by atoms with Crippen LogP contribution in [0, 0.1) is 5.92 Å². The minimum atomic E-state index is 0.218. The van der Waals surface area contributed by atoms with Crippen molar-refractivity contribution in [1.82, 2.24) is 15.2 Å². The number of nitrogens with one attached hydrogen (secondary N) is 1. The lowest BCUT2D eigenvalue weighted by Gasteiger charge is -2.33. The molecule has 0 bridgehead atoms. The summed E-state index contributed by atoms with van der Waals surface area (Å²) < 4.78 is 0. The van der Waals surface area contributed by atoms with E-state index in [0.717, 1.165) is 51.1 Å². The maximum absolute atomic E-state index is 12.6. The molecule has 1 aromatic rings. The Hall–Kier alpha value is -1.42. The van der Waals surface area contributed by atoms with Crippen LogP contribution in [0.15, 0.2) is 12.1 Å². The van der Waals surface area contributed by atoms with Gasteiger partial charge in [-0.15, -0.1) is 0 Å². The topological polar surface area (TPSA) is 45.2 Å². The van der Waals surface area contributed by atoms with E-state index in [2.05, 4.69) is 31.3 Å². The third-order valence-electron chi connectivity index (χ3n) is 4.66. The fourth-order valence-electron chi connectivity index (χ4n) is 3.27. The Labute approximate surface area is 126 Å². The molecule has 3 rings (SSSR count). The normalized spacial score (nSPS) is 19.7. The standard InChI is InChI=1S/C17H25N3O/c1-12(2)15-4-3-14-11-20(10-7-16(14)19-15)17(21)13-5-8-18-9-6-13/h3-4,12-13,18H,5-11H2,1-2H3. The molecule has 0 spiro atoms. The summed E-state index contributed by atoms with van der Waals surface area (Å²) in [5.41, 5.74) is 3.58. The molecule has 0 aliphatic carbocycles. The van der Waals surface area contributed by atoms with Gasteiger partial charge in [0, 0.05) is 36.8 Å². The highest BCUT2D eigenvalue weighted by atomic mass is 16.2. The smallest absolute Gasteiger partial charge is 0.226 e. The van der Waals surface area contributed by atoms with Crippen LogP contribution in [0.25, 0.3) is 0 Å². The number of hydrogen-bond donors (Lipinski definition) is 1. The summed E-state index contributed by atoms with van der Waals surface area (Å²) in [6.07, 6.45) is 2.85. The van der Waals surface area contributed by atoms with Gasteiger partial charge in [-0.25, -0.2) is 0 Å². The molecule has 1 fully saturated rings. The molecule has 21 heavy (non-hydrogen) atoms. The summed E-state index contributed by atoms with van der Waals surface area (Å²) in [4.78, 5) is 19.4. The molecule has 114 valence electrons. The van der Waals surface area contributed by atoms with E-state index < -0.39 is 0 Å². The minimum Gasteiger partial charge on any atom is -0.338 e. The highest BCUT2D eigenvalue weighted by molar-refractivity contribution is 5.79. The third-order valence-corrected chi connectivity index (χ3v) is 4.66. The van der Waals surface area contributed by atoms with Gasteiger partial charge < -0.3 is 10.2 Å². The summed E-state index contributed by atoms with van der Waals surface area (Å²) in [6, 6.07) is 4.28. The largest absolute Gasteiger partial charge is 0.338 e. The van der Waals surface area contributed by atoms with E-state index in [9.17, 15) is 4.79 Å². The maximum atomic E-state index is 12.6. The average Bonchev–Trinajstić information content (AvgIpc) is 2.54. The van der Waals surface area contributed by atoms with Crippen LogP contribution in [-0.4, -0.2) is 35.4 Å². The Morgan fingerprint density at radius 3 is 2.81 bits per heavy atom. The zero-order chi connectivity index (χ0) is 14.8. The van der Waals surface area contributed by atoms with Gasteiger partial charge in [0.1, 0.15) is 0 Å². The van der Waals surface area contributed by atoms with Crippen molar-refractivity contribution < 1.29 is 4.79 Å². The Morgan fingerprint density at radius 2 is 2.10 bits per heavy atom.